The number of rotatable bonds is 9. The summed E-state index contributed by atoms with van der Waals surface area (Å²) in [5, 5.41) is 0. The lowest BCUT2D eigenvalue weighted by atomic mass is 9.82. The number of hydrogen-bond donors (Lipinski definition) is 0. The Morgan fingerprint density at radius 1 is 0.373 bits per heavy atom. The van der Waals surface area contributed by atoms with Crippen LogP contribution in [0.4, 0.5) is 34.1 Å². The van der Waals surface area contributed by atoms with Gasteiger partial charge in [-0.25, -0.2) is 0 Å². The average molecular weight is 763 g/mol. The summed E-state index contributed by atoms with van der Waals surface area (Å²) in [7, 11) is 0. The predicted octanol–water partition coefficient (Wildman–Crippen LogP) is 16.1. The van der Waals surface area contributed by atoms with E-state index in [1.807, 2.05) is 0 Å². The summed E-state index contributed by atoms with van der Waals surface area (Å²) in [5.74, 6) is 0. The second-order valence-electron chi connectivity index (χ2n) is 17.1. The molecule has 0 aromatic heterocycles. The standard InChI is InChI=1S/C57H50N2/c1-56(2,3)45-30-36-50(37-31-45)59(51-38-39-53-52-18-12-13-19-54(52)57(4,5)55(53)40-51)49-34-28-44(29-35-49)43-26-22-41(23-27-43)20-21-42-24-32-48(33-25-42)58(46-14-8-6-9-15-46)47-16-10-7-11-17-47/h6-40H,1-5H3/b21-20+. The van der Waals surface area contributed by atoms with Gasteiger partial charge in [-0.3, -0.25) is 0 Å². The van der Waals surface area contributed by atoms with Crippen molar-refractivity contribution in [3.05, 3.63) is 228 Å². The Labute approximate surface area is 350 Å². The van der Waals surface area contributed by atoms with Gasteiger partial charge in [-0.1, -0.05) is 174 Å². The van der Waals surface area contributed by atoms with E-state index in [0.29, 0.717) is 0 Å². The summed E-state index contributed by atoms with van der Waals surface area (Å²) < 4.78 is 0. The minimum absolute atomic E-state index is 0.0768. The van der Waals surface area contributed by atoms with Crippen LogP contribution in [0.5, 0.6) is 0 Å². The van der Waals surface area contributed by atoms with Crippen LogP contribution in [0.3, 0.4) is 0 Å². The molecule has 8 aromatic carbocycles. The number of nitrogens with zero attached hydrogens (tertiary/aromatic N) is 2. The van der Waals surface area contributed by atoms with Gasteiger partial charge >= 0.3 is 0 Å². The minimum atomic E-state index is -0.0768. The van der Waals surface area contributed by atoms with Crippen molar-refractivity contribution in [3.8, 4) is 22.3 Å². The fourth-order valence-electron chi connectivity index (χ4n) is 8.51. The zero-order valence-electron chi connectivity index (χ0n) is 34.6. The SMILES string of the molecule is CC(C)(C)c1ccc(N(c2ccc(-c3ccc(/C=C/c4ccc(N(c5ccccc5)c5ccccc5)cc4)cc3)cc2)c2ccc3c(c2)C(C)(C)c2ccccc2-3)cc1. The number of anilines is 6. The average Bonchev–Trinajstić information content (AvgIpc) is 3.50. The third-order valence-corrected chi connectivity index (χ3v) is 11.8. The number of hydrogen-bond acceptors (Lipinski definition) is 2. The zero-order valence-corrected chi connectivity index (χ0v) is 34.6. The van der Waals surface area contributed by atoms with Crippen LogP contribution in [0.25, 0.3) is 34.4 Å². The van der Waals surface area contributed by atoms with Gasteiger partial charge in [0.25, 0.3) is 0 Å². The fourth-order valence-corrected chi connectivity index (χ4v) is 8.51. The monoisotopic (exact) mass is 762 g/mol. The van der Waals surface area contributed by atoms with Crippen LogP contribution in [0.15, 0.2) is 200 Å². The Morgan fingerprint density at radius 2 is 0.763 bits per heavy atom. The van der Waals surface area contributed by atoms with Crippen molar-refractivity contribution in [2.24, 2.45) is 0 Å². The molecular formula is C57H50N2. The first-order chi connectivity index (χ1) is 28.6. The lowest BCUT2D eigenvalue weighted by Gasteiger charge is -2.29. The molecule has 0 unspecified atom stereocenters. The van der Waals surface area contributed by atoms with E-state index in [2.05, 4.69) is 257 Å². The van der Waals surface area contributed by atoms with Crippen LogP contribution in [-0.2, 0) is 10.8 Å². The number of benzene rings is 8. The summed E-state index contributed by atoms with van der Waals surface area (Å²) in [4.78, 5) is 4.68. The van der Waals surface area contributed by atoms with Crippen molar-refractivity contribution in [2.75, 3.05) is 9.80 Å². The van der Waals surface area contributed by atoms with E-state index in [0.717, 1.165) is 45.3 Å². The van der Waals surface area contributed by atoms with E-state index in [1.165, 1.54) is 38.9 Å². The highest BCUT2D eigenvalue weighted by Crippen LogP contribution is 2.50. The minimum Gasteiger partial charge on any atom is -0.311 e. The van der Waals surface area contributed by atoms with Crippen molar-refractivity contribution in [1.29, 1.82) is 0 Å². The molecule has 0 atom stereocenters. The van der Waals surface area contributed by atoms with Crippen molar-refractivity contribution < 1.29 is 0 Å². The van der Waals surface area contributed by atoms with Crippen LogP contribution < -0.4 is 9.80 Å². The van der Waals surface area contributed by atoms with Gasteiger partial charge in [0.2, 0.25) is 0 Å². The molecule has 288 valence electrons. The molecule has 0 fully saturated rings. The molecule has 2 heteroatoms. The smallest absolute Gasteiger partial charge is 0.0465 e. The molecular weight excluding hydrogens is 713 g/mol. The van der Waals surface area contributed by atoms with Crippen LogP contribution in [0.1, 0.15) is 62.4 Å². The molecule has 1 aliphatic rings. The topological polar surface area (TPSA) is 6.48 Å². The highest BCUT2D eigenvalue weighted by atomic mass is 15.1. The first-order valence-electron chi connectivity index (χ1n) is 20.7. The Morgan fingerprint density at radius 3 is 1.31 bits per heavy atom. The van der Waals surface area contributed by atoms with Crippen LogP contribution >= 0.6 is 0 Å². The van der Waals surface area contributed by atoms with E-state index in [4.69, 9.17) is 0 Å². The molecule has 0 N–H and O–H groups in total. The molecule has 0 saturated carbocycles. The lowest BCUT2D eigenvalue weighted by Crippen LogP contribution is -2.17. The molecule has 0 aliphatic heterocycles. The van der Waals surface area contributed by atoms with E-state index < -0.39 is 0 Å². The predicted molar refractivity (Wildman–Crippen MR) is 253 cm³/mol. The highest BCUT2D eigenvalue weighted by molar-refractivity contribution is 5.86. The number of para-hydroxylation sites is 2. The molecule has 0 saturated heterocycles. The van der Waals surface area contributed by atoms with Gasteiger partial charge in [0.05, 0.1) is 0 Å². The largest absolute Gasteiger partial charge is 0.311 e. The zero-order chi connectivity index (χ0) is 40.6. The normalized spacial score (nSPS) is 12.9. The van der Waals surface area contributed by atoms with Crippen LogP contribution in [-0.4, -0.2) is 0 Å². The quantitative estimate of drug-likeness (QED) is 0.135. The summed E-state index contributed by atoms with van der Waals surface area (Å²) in [5.41, 5.74) is 18.3. The van der Waals surface area contributed by atoms with E-state index >= 15 is 0 Å². The molecule has 9 rings (SSSR count). The van der Waals surface area contributed by atoms with Gasteiger partial charge < -0.3 is 9.80 Å². The van der Waals surface area contributed by atoms with Gasteiger partial charge in [-0.15, -0.1) is 0 Å². The Hall–Kier alpha value is -6.90. The first kappa shape index (κ1) is 37.7. The third-order valence-electron chi connectivity index (χ3n) is 11.8. The molecule has 0 bridgehead atoms. The van der Waals surface area contributed by atoms with Gasteiger partial charge in [0, 0.05) is 39.5 Å². The molecule has 0 spiro atoms. The van der Waals surface area contributed by atoms with Gasteiger partial charge in [-0.05, 0) is 128 Å². The van der Waals surface area contributed by atoms with E-state index in [-0.39, 0.29) is 10.8 Å². The van der Waals surface area contributed by atoms with Crippen molar-refractivity contribution >= 4 is 46.3 Å². The van der Waals surface area contributed by atoms with Crippen molar-refractivity contribution in [3.63, 3.8) is 0 Å². The maximum Gasteiger partial charge on any atom is 0.0465 e. The Balaban J connectivity index is 0.958. The summed E-state index contributed by atoms with van der Waals surface area (Å²) >= 11 is 0. The van der Waals surface area contributed by atoms with Gasteiger partial charge in [0.15, 0.2) is 0 Å². The van der Waals surface area contributed by atoms with E-state index in [1.54, 1.807) is 0 Å². The Bertz CT molecular complexity index is 2680. The van der Waals surface area contributed by atoms with Crippen LogP contribution in [0.2, 0.25) is 0 Å². The van der Waals surface area contributed by atoms with Gasteiger partial charge in [-0.2, -0.15) is 0 Å². The first-order valence-corrected chi connectivity index (χ1v) is 20.7. The third kappa shape index (κ3) is 7.51. The highest BCUT2D eigenvalue weighted by Gasteiger charge is 2.35. The maximum absolute atomic E-state index is 2.41. The van der Waals surface area contributed by atoms with E-state index in [9.17, 15) is 0 Å². The lowest BCUT2D eigenvalue weighted by molar-refractivity contribution is 0.590. The molecule has 8 aromatic rings. The number of fused-ring (bicyclic) bond motifs is 3. The molecule has 0 heterocycles. The molecule has 1 aliphatic carbocycles. The Kier molecular flexibility index (Phi) is 9.87. The summed E-state index contributed by atoms with van der Waals surface area (Å²) in [6.45, 7) is 11.5. The molecule has 0 amide bonds. The fraction of sp³-hybridized carbons (Fsp3) is 0.123. The summed E-state index contributed by atoms with van der Waals surface area (Å²) in [6, 6.07) is 72.6. The molecule has 59 heavy (non-hydrogen) atoms. The van der Waals surface area contributed by atoms with Crippen molar-refractivity contribution in [1.82, 2.24) is 0 Å². The summed E-state index contributed by atoms with van der Waals surface area (Å²) in [6.07, 6.45) is 4.37. The van der Waals surface area contributed by atoms with Crippen molar-refractivity contribution in [2.45, 2.75) is 45.4 Å². The second-order valence-corrected chi connectivity index (χ2v) is 17.1. The molecule has 0 radical (unpaired) electrons. The van der Waals surface area contributed by atoms with Crippen LogP contribution in [0, 0.1) is 0 Å². The second kappa shape index (κ2) is 15.5. The van der Waals surface area contributed by atoms with Gasteiger partial charge in [0.1, 0.15) is 0 Å². The maximum atomic E-state index is 2.41. The molecule has 2 nitrogen and oxygen atoms in total.